The monoisotopic (exact) mass is 393 g/mol. The first-order valence-electron chi connectivity index (χ1n) is 6.66. The quantitative estimate of drug-likeness (QED) is 0.604. The Labute approximate surface area is 146 Å². The summed E-state index contributed by atoms with van der Waals surface area (Å²) < 4.78 is 0.918. The van der Waals surface area contributed by atoms with Gasteiger partial charge in [-0.15, -0.1) is 0 Å². The molecule has 0 aliphatic carbocycles. The number of rotatable bonds is 5. The fourth-order valence-electron chi connectivity index (χ4n) is 1.70. The van der Waals surface area contributed by atoms with Gasteiger partial charge in [0.2, 0.25) is 0 Å². The van der Waals surface area contributed by atoms with Crippen molar-refractivity contribution in [3.8, 4) is 0 Å². The Morgan fingerprint density at radius 3 is 2.70 bits per heavy atom. The van der Waals surface area contributed by atoms with E-state index >= 15 is 0 Å². The van der Waals surface area contributed by atoms with Crippen molar-refractivity contribution in [2.75, 3.05) is 6.54 Å². The second-order valence-corrected chi connectivity index (χ2v) is 5.89. The summed E-state index contributed by atoms with van der Waals surface area (Å²) in [6.07, 6.45) is 1.52. The smallest absolute Gasteiger partial charge is 0.259 e. The molecule has 5 nitrogen and oxygen atoms in total. The minimum absolute atomic E-state index is 0.179. The lowest BCUT2D eigenvalue weighted by atomic mass is 10.2. The molecule has 2 rings (SSSR count). The molecule has 0 aliphatic heterocycles. The molecular weight excluding hydrogens is 382 g/mol. The van der Waals surface area contributed by atoms with Crippen LogP contribution in [0.5, 0.6) is 0 Å². The van der Waals surface area contributed by atoms with Crippen molar-refractivity contribution in [2.24, 2.45) is 5.10 Å². The van der Waals surface area contributed by atoms with E-state index in [1.807, 2.05) is 24.3 Å². The topological polar surface area (TPSA) is 70.6 Å². The second-order valence-electron chi connectivity index (χ2n) is 4.54. The fraction of sp³-hybridized carbons (Fsp3) is 0.0625. The van der Waals surface area contributed by atoms with Gasteiger partial charge in [0.05, 0.1) is 12.8 Å². The molecule has 2 amide bonds. The van der Waals surface area contributed by atoms with Crippen molar-refractivity contribution in [3.05, 3.63) is 69.2 Å². The van der Waals surface area contributed by atoms with E-state index in [-0.39, 0.29) is 12.5 Å². The Balaban J connectivity index is 1.80. The van der Waals surface area contributed by atoms with Crippen LogP contribution in [0.3, 0.4) is 0 Å². The van der Waals surface area contributed by atoms with Gasteiger partial charge in [0.15, 0.2) is 0 Å². The highest BCUT2D eigenvalue weighted by Crippen LogP contribution is 2.10. The number of benzene rings is 2. The van der Waals surface area contributed by atoms with Crippen LogP contribution in [-0.4, -0.2) is 24.6 Å². The van der Waals surface area contributed by atoms with Crippen LogP contribution >= 0.6 is 27.5 Å². The first kappa shape index (κ1) is 17.2. The predicted molar refractivity (Wildman–Crippen MR) is 93.7 cm³/mol. The fourth-order valence-corrected chi connectivity index (χ4v) is 2.30. The summed E-state index contributed by atoms with van der Waals surface area (Å²) >= 11 is 9.15. The molecule has 0 aromatic heterocycles. The molecule has 0 unspecified atom stereocenters. The van der Waals surface area contributed by atoms with Crippen molar-refractivity contribution in [3.63, 3.8) is 0 Å². The summed E-state index contributed by atoms with van der Waals surface area (Å²) in [7, 11) is 0. The number of nitrogens with zero attached hydrogens (tertiary/aromatic N) is 1. The Kier molecular flexibility index (Phi) is 6.31. The largest absolute Gasteiger partial charge is 0.343 e. The van der Waals surface area contributed by atoms with E-state index < -0.39 is 5.91 Å². The molecule has 118 valence electrons. The zero-order valence-electron chi connectivity index (χ0n) is 11.9. The van der Waals surface area contributed by atoms with E-state index in [1.165, 1.54) is 12.3 Å². The van der Waals surface area contributed by atoms with Gasteiger partial charge >= 0.3 is 0 Å². The predicted octanol–water partition coefficient (Wildman–Crippen LogP) is 2.98. The molecule has 0 fully saturated rings. The molecule has 0 heterocycles. The first-order chi connectivity index (χ1) is 11.0. The molecule has 0 aliphatic rings. The molecule has 7 heteroatoms. The SMILES string of the molecule is O=C(CNC(=O)c1cccc(Cl)c1)N/N=C\c1cccc(Br)c1. The van der Waals surface area contributed by atoms with Gasteiger partial charge in [-0.05, 0) is 35.9 Å². The van der Waals surface area contributed by atoms with Crippen molar-refractivity contribution in [2.45, 2.75) is 0 Å². The van der Waals surface area contributed by atoms with E-state index in [4.69, 9.17) is 11.6 Å². The van der Waals surface area contributed by atoms with Crippen LogP contribution in [-0.2, 0) is 4.79 Å². The van der Waals surface area contributed by atoms with Gasteiger partial charge in [0.25, 0.3) is 11.8 Å². The molecule has 0 saturated carbocycles. The van der Waals surface area contributed by atoms with Crippen LogP contribution in [0.25, 0.3) is 0 Å². The van der Waals surface area contributed by atoms with Crippen LogP contribution in [0, 0.1) is 0 Å². The van der Waals surface area contributed by atoms with Gasteiger partial charge < -0.3 is 5.32 Å². The molecule has 2 aromatic rings. The minimum atomic E-state index is -0.424. The molecule has 0 spiro atoms. The lowest BCUT2D eigenvalue weighted by Gasteiger charge is -2.04. The van der Waals surface area contributed by atoms with Crippen LogP contribution in [0.15, 0.2) is 58.1 Å². The standard InChI is InChI=1S/C16H13BrClN3O2/c17-13-5-1-3-11(7-13)9-20-21-15(22)10-19-16(23)12-4-2-6-14(18)8-12/h1-9H,10H2,(H,19,23)(H,21,22)/b20-9-. The maximum atomic E-state index is 11.8. The van der Waals surface area contributed by atoms with Crippen LogP contribution in [0.4, 0.5) is 0 Å². The maximum absolute atomic E-state index is 11.8. The number of hydrogen-bond donors (Lipinski definition) is 2. The van der Waals surface area contributed by atoms with Crippen LogP contribution < -0.4 is 10.7 Å². The van der Waals surface area contributed by atoms with Gasteiger partial charge in [-0.25, -0.2) is 5.43 Å². The molecule has 23 heavy (non-hydrogen) atoms. The van der Waals surface area contributed by atoms with Crippen LogP contribution in [0.2, 0.25) is 5.02 Å². The summed E-state index contributed by atoms with van der Waals surface area (Å²) in [5.41, 5.74) is 3.57. The van der Waals surface area contributed by atoms with Gasteiger partial charge in [0.1, 0.15) is 0 Å². The third-order valence-electron chi connectivity index (χ3n) is 2.75. The first-order valence-corrected chi connectivity index (χ1v) is 7.83. The number of halogens is 2. The van der Waals surface area contributed by atoms with Gasteiger partial charge in [0, 0.05) is 15.1 Å². The van der Waals surface area contributed by atoms with Crippen molar-refractivity contribution in [1.29, 1.82) is 0 Å². The molecule has 0 radical (unpaired) electrons. The third-order valence-corrected chi connectivity index (χ3v) is 3.48. The van der Waals surface area contributed by atoms with Gasteiger partial charge in [-0.3, -0.25) is 9.59 Å². The average molecular weight is 395 g/mol. The highest BCUT2D eigenvalue weighted by Gasteiger charge is 2.07. The summed E-state index contributed by atoms with van der Waals surface area (Å²) in [5.74, 6) is -0.801. The van der Waals surface area contributed by atoms with Crippen molar-refractivity contribution >= 4 is 45.6 Å². The van der Waals surface area contributed by atoms with E-state index in [0.29, 0.717) is 10.6 Å². The molecule has 0 saturated heterocycles. The summed E-state index contributed by atoms with van der Waals surface area (Å²) in [6.45, 7) is -0.179. The Bertz CT molecular complexity index is 750. The molecule has 2 N–H and O–H groups in total. The number of hydrazone groups is 1. The number of carbonyl (C=O) groups is 2. The summed E-state index contributed by atoms with van der Waals surface area (Å²) in [6, 6.07) is 13.9. The number of hydrogen-bond acceptors (Lipinski definition) is 3. The molecular formula is C16H13BrClN3O2. The second kappa shape index (κ2) is 8.45. The minimum Gasteiger partial charge on any atom is -0.343 e. The van der Waals surface area contributed by atoms with E-state index in [2.05, 4.69) is 31.8 Å². The Hall–Kier alpha value is -2.18. The van der Waals surface area contributed by atoms with E-state index in [1.54, 1.807) is 18.2 Å². The van der Waals surface area contributed by atoms with E-state index in [0.717, 1.165) is 10.0 Å². The van der Waals surface area contributed by atoms with Gasteiger partial charge in [-0.1, -0.05) is 45.7 Å². The van der Waals surface area contributed by atoms with Crippen molar-refractivity contribution in [1.82, 2.24) is 10.7 Å². The lowest BCUT2D eigenvalue weighted by molar-refractivity contribution is -0.120. The Morgan fingerprint density at radius 2 is 1.96 bits per heavy atom. The normalized spacial score (nSPS) is 10.5. The molecule has 0 atom stereocenters. The van der Waals surface area contributed by atoms with Crippen LogP contribution in [0.1, 0.15) is 15.9 Å². The van der Waals surface area contributed by atoms with Crippen molar-refractivity contribution < 1.29 is 9.59 Å². The van der Waals surface area contributed by atoms with E-state index in [9.17, 15) is 9.59 Å². The zero-order valence-corrected chi connectivity index (χ0v) is 14.3. The number of amides is 2. The number of nitrogens with one attached hydrogen (secondary N) is 2. The summed E-state index contributed by atoms with van der Waals surface area (Å²) in [4.78, 5) is 23.5. The third kappa shape index (κ3) is 5.84. The Morgan fingerprint density at radius 1 is 1.17 bits per heavy atom. The van der Waals surface area contributed by atoms with Gasteiger partial charge in [-0.2, -0.15) is 5.10 Å². The lowest BCUT2D eigenvalue weighted by Crippen LogP contribution is -2.34. The zero-order chi connectivity index (χ0) is 16.7. The number of carbonyl (C=O) groups excluding carboxylic acids is 2. The average Bonchev–Trinajstić information content (AvgIpc) is 2.52. The summed E-state index contributed by atoms with van der Waals surface area (Å²) in [5, 5.41) is 6.78. The molecule has 2 aromatic carbocycles. The molecule has 0 bridgehead atoms. The highest BCUT2D eigenvalue weighted by molar-refractivity contribution is 9.10. The maximum Gasteiger partial charge on any atom is 0.259 e. The highest BCUT2D eigenvalue weighted by atomic mass is 79.9.